The molecule has 2 fully saturated rings. The summed E-state index contributed by atoms with van der Waals surface area (Å²) in [5.74, 6) is 2.33. The van der Waals surface area contributed by atoms with Gasteiger partial charge in [0.2, 0.25) is 0 Å². The minimum absolute atomic E-state index is 0.121. The van der Waals surface area contributed by atoms with Gasteiger partial charge in [-0.3, -0.25) is 4.99 Å². The molecule has 1 saturated heterocycles. The molecular weight excluding hydrogens is 330 g/mol. The zero-order valence-corrected chi connectivity index (χ0v) is 15.9. The standard InChI is InChI=1S/C20H33N3O3/c1-20(9-3-2-6-18(20)24)15-23-19(22-13-16-8-12-25-14-16)21-10-7-17-5-4-11-26-17/h4-5,11,16,18,24H,2-3,6-10,12-15H2,1H3,(H2,21,22,23). The summed E-state index contributed by atoms with van der Waals surface area (Å²) in [6.45, 7) is 6.11. The second-order valence-electron chi connectivity index (χ2n) is 7.95. The Morgan fingerprint density at radius 1 is 1.35 bits per heavy atom. The lowest BCUT2D eigenvalue weighted by molar-refractivity contribution is 0.00716. The van der Waals surface area contributed by atoms with Gasteiger partial charge in [-0.25, -0.2) is 0 Å². The van der Waals surface area contributed by atoms with E-state index in [0.29, 0.717) is 12.5 Å². The van der Waals surface area contributed by atoms with Crippen molar-refractivity contribution in [2.45, 2.75) is 51.6 Å². The number of aliphatic hydroxyl groups excluding tert-OH is 1. The van der Waals surface area contributed by atoms with E-state index in [4.69, 9.17) is 14.1 Å². The Morgan fingerprint density at radius 2 is 2.27 bits per heavy atom. The maximum Gasteiger partial charge on any atom is 0.191 e. The van der Waals surface area contributed by atoms with E-state index >= 15 is 0 Å². The molecule has 0 aromatic carbocycles. The highest BCUT2D eigenvalue weighted by atomic mass is 16.5. The van der Waals surface area contributed by atoms with Crippen molar-refractivity contribution in [1.29, 1.82) is 0 Å². The Labute approximate surface area is 156 Å². The first-order chi connectivity index (χ1) is 12.7. The number of nitrogens with zero attached hydrogens (tertiary/aromatic N) is 1. The first-order valence-electron chi connectivity index (χ1n) is 9.96. The average molecular weight is 364 g/mol. The van der Waals surface area contributed by atoms with Crippen LogP contribution in [0.1, 0.15) is 44.8 Å². The van der Waals surface area contributed by atoms with Crippen LogP contribution < -0.4 is 10.6 Å². The Bertz CT molecular complexity index is 555. The van der Waals surface area contributed by atoms with Crippen molar-refractivity contribution in [2.24, 2.45) is 16.3 Å². The molecular formula is C20H33N3O3. The highest BCUT2D eigenvalue weighted by Gasteiger charge is 2.35. The molecule has 2 heterocycles. The van der Waals surface area contributed by atoms with Crippen LogP contribution in [0.15, 0.2) is 27.8 Å². The first kappa shape index (κ1) is 19.2. The van der Waals surface area contributed by atoms with E-state index in [0.717, 1.165) is 70.1 Å². The zero-order valence-electron chi connectivity index (χ0n) is 15.9. The average Bonchev–Trinajstić information content (AvgIpc) is 3.33. The quantitative estimate of drug-likeness (QED) is 0.512. The summed E-state index contributed by atoms with van der Waals surface area (Å²) in [5.41, 5.74) is -0.121. The van der Waals surface area contributed by atoms with Crippen LogP contribution in [-0.4, -0.2) is 50.0 Å². The normalized spacial score (nSPS) is 29.7. The fourth-order valence-electron chi connectivity index (χ4n) is 3.74. The Hall–Kier alpha value is -1.53. The molecule has 0 bridgehead atoms. The van der Waals surface area contributed by atoms with Crippen molar-refractivity contribution < 1.29 is 14.3 Å². The topological polar surface area (TPSA) is 79.0 Å². The summed E-state index contributed by atoms with van der Waals surface area (Å²) in [5, 5.41) is 17.3. The van der Waals surface area contributed by atoms with Crippen molar-refractivity contribution in [3.8, 4) is 0 Å². The molecule has 0 radical (unpaired) electrons. The van der Waals surface area contributed by atoms with E-state index in [2.05, 4.69) is 17.6 Å². The number of guanidine groups is 1. The Morgan fingerprint density at radius 3 is 3.00 bits per heavy atom. The lowest BCUT2D eigenvalue weighted by atomic mass is 9.73. The van der Waals surface area contributed by atoms with E-state index < -0.39 is 0 Å². The van der Waals surface area contributed by atoms with E-state index in [-0.39, 0.29) is 11.5 Å². The van der Waals surface area contributed by atoms with Gasteiger partial charge < -0.3 is 24.9 Å². The molecule has 2 aliphatic rings. The summed E-state index contributed by atoms with van der Waals surface area (Å²) in [6, 6.07) is 3.90. The monoisotopic (exact) mass is 363 g/mol. The van der Waals surface area contributed by atoms with Crippen LogP contribution in [0.3, 0.4) is 0 Å². The molecule has 3 N–H and O–H groups in total. The molecule has 3 rings (SSSR count). The van der Waals surface area contributed by atoms with E-state index in [9.17, 15) is 5.11 Å². The van der Waals surface area contributed by atoms with Gasteiger partial charge in [0.05, 0.1) is 25.5 Å². The predicted octanol–water partition coefficient (Wildman–Crippen LogP) is 2.33. The lowest BCUT2D eigenvalue weighted by Crippen LogP contribution is -2.43. The summed E-state index contributed by atoms with van der Waals surface area (Å²) in [4.78, 5) is 4.81. The summed E-state index contributed by atoms with van der Waals surface area (Å²) in [6.07, 6.45) is 7.59. The van der Waals surface area contributed by atoms with Crippen LogP contribution in [0, 0.1) is 11.3 Å². The molecule has 146 valence electrons. The molecule has 1 aromatic rings. The summed E-state index contributed by atoms with van der Waals surface area (Å²) >= 11 is 0. The molecule has 1 aromatic heterocycles. The molecule has 0 spiro atoms. The SMILES string of the molecule is CC1(CN=C(NCCc2ccco2)NCC2CCOC2)CCCCC1O. The number of hydrogen-bond donors (Lipinski definition) is 3. The van der Waals surface area contributed by atoms with Crippen molar-refractivity contribution in [3.63, 3.8) is 0 Å². The van der Waals surface area contributed by atoms with Crippen LogP contribution in [-0.2, 0) is 11.2 Å². The van der Waals surface area contributed by atoms with Gasteiger partial charge in [0.1, 0.15) is 5.76 Å². The van der Waals surface area contributed by atoms with Crippen LogP contribution in [0.4, 0.5) is 0 Å². The third-order valence-corrected chi connectivity index (χ3v) is 5.70. The second-order valence-corrected chi connectivity index (χ2v) is 7.95. The molecule has 0 amide bonds. The second kappa shape index (κ2) is 9.42. The number of aliphatic hydroxyl groups is 1. The van der Waals surface area contributed by atoms with E-state index in [1.807, 2.05) is 12.1 Å². The highest BCUT2D eigenvalue weighted by Crippen LogP contribution is 2.36. The lowest BCUT2D eigenvalue weighted by Gasteiger charge is -2.37. The van der Waals surface area contributed by atoms with Gasteiger partial charge >= 0.3 is 0 Å². The number of aliphatic imine (C=N–C) groups is 1. The third kappa shape index (κ3) is 5.48. The minimum atomic E-state index is -0.257. The summed E-state index contributed by atoms with van der Waals surface area (Å²) in [7, 11) is 0. The number of furan rings is 1. The first-order valence-corrected chi connectivity index (χ1v) is 9.96. The smallest absolute Gasteiger partial charge is 0.191 e. The van der Waals surface area contributed by atoms with Crippen molar-refractivity contribution in [1.82, 2.24) is 10.6 Å². The molecule has 1 aliphatic carbocycles. The molecule has 26 heavy (non-hydrogen) atoms. The highest BCUT2D eigenvalue weighted by molar-refractivity contribution is 5.79. The van der Waals surface area contributed by atoms with E-state index in [1.165, 1.54) is 6.42 Å². The van der Waals surface area contributed by atoms with Crippen molar-refractivity contribution >= 4 is 5.96 Å². The number of nitrogens with one attached hydrogen (secondary N) is 2. The Kier molecular flexibility index (Phi) is 6.97. The van der Waals surface area contributed by atoms with Crippen LogP contribution in [0.5, 0.6) is 0 Å². The Balaban J connectivity index is 1.54. The van der Waals surface area contributed by atoms with Crippen LogP contribution in [0.25, 0.3) is 0 Å². The number of ether oxygens (including phenoxy) is 1. The minimum Gasteiger partial charge on any atom is -0.469 e. The number of hydrogen-bond acceptors (Lipinski definition) is 4. The fourth-order valence-corrected chi connectivity index (χ4v) is 3.74. The largest absolute Gasteiger partial charge is 0.469 e. The molecule has 3 unspecified atom stereocenters. The van der Waals surface area contributed by atoms with Gasteiger partial charge in [-0.15, -0.1) is 0 Å². The van der Waals surface area contributed by atoms with Gasteiger partial charge in [-0.1, -0.05) is 19.8 Å². The molecule has 6 heteroatoms. The van der Waals surface area contributed by atoms with Gasteiger partial charge in [0.25, 0.3) is 0 Å². The number of rotatable bonds is 7. The van der Waals surface area contributed by atoms with Crippen LogP contribution >= 0.6 is 0 Å². The molecule has 1 aliphatic heterocycles. The fraction of sp³-hybridized carbons (Fsp3) is 0.750. The molecule has 1 saturated carbocycles. The zero-order chi connectivity index (χ0) is 18.2. The predicted molar refractivity (Wildman–Crippen MR) is 102 cm³/mol. The maximum absolute atomic E-state index is 10.4. The maximum atomic E-state index is 10.4. The van der Waals surface area contributed by atoms with Gasteiger partial charge in [-0.05, 0) is 31.4 Å². The molecule has 3 atom stereocenters. The van der Waals surface area contributed by atoms with Crippen molar-refractivity contribution in [3.05, 3.63) is 24.2 Å². The van der Waals surface area contributed by atoms with Gasteiger partial charge in [0, 0.05) is 37.5 Å². The third-order valence-electron chi connectivity index (χ3n) is 5.70. The van der Waals surface area contributed by atoms with E-state index in [1.54, 1.807) is 6.26 Å². The van der Waals surface area contributed by atoms with Gasteiger partial charge in [-0.2, -0.15) is 0 Å². The van der Waals surface area contributed by atoms with Crippen LogP contribution in [0.2, 0.25) is 0 Å². The molecule has 6 nitrogen and oxygen atoms in total. The van der Waals surface area contributed by atoms with Gasteiger partial charge in [0.15, 0.2) is 5.96 Å². The summed E-state index contributed by atoms with van der Waals surface area (Å²) < 4.78 is 10.9. The van der Waals surface area contributed by atoms with Crippen molar-refractivity contribution in [2.75, 3.05) is 32.8 Å².